The molecule has 36 heavy (non-hydrogen) atoms. The average molecular weight is 483 g/mol. The van der Waals surface area contributed by atoms with Gasteiger partial charge in [-0.05, 0) is 103 Å². The van der Waals surface area contributed by atoms with Crippen molar-refractivity contribution in [2.24, 2.45) is 11.8 Å². The van der Waals surface area contributed by atoms with E-state index in [1.54, 1.807) is 12.1 Å². The molecule has 0 unspecified atom stereocenters. The summed E-state index contributed by atoms with van der Waals surface area (Å²) >= 11 is 0. The Morgan fingerprint density at radius 3 is 2.06 bits per heavy atom. The van der Waals surface area contributed by atoms with Gasteiger partial charge in [0.15, 0.2) is 0 Å². The van der Waals surface area contributed by atoms with E-state index in [2.05, 4.69) is 58.7 Å². The van der Waals surface area contributed by atoms with Gasteiger partial charge in [0.1, 0.15) is 5.75 Å². The van der Waals surface area contributed by atoms with Crippen LogP contribution in [0.2, 0.25) is 0 Å². The molecule has 2 heterocycles. The van der Waals surface area contributed by atoms with E-state index in [1.165, 1.54) is 67.0 Å². The third kappa shape index (κ3) is 5.89. The van der Waals surface area contributed by atoms with Gasteiger partial charge in [0, 0.05) is 19.7 Å². The van der Waals surface area contributed by atoms with Crippen LogP contribution in [0.15, 0.2) is 78.9 Å². The van der Waals surface area contributed by atoms with E-state index in [4.69, 9.17) is 0 Å². The van der Waals surface area contributed by atoms with E-state index >= 15 is 0 Å². The molecule has 0 aromatic heterocycles. The Labute approximate surface area is 215 Å². The number of phenols is 1. The number of aliphatic hydroxyl groups excluding tert-OH is 1. The summed E-state index contributed by atoms with van der Waals surface area (Å²) in [5.41, 5.74) is 7.17. The number of hydrogen-bond donors (Lipinski definition) is 3. The Morgan fingerprint density at radius 2 is 1.42 bits per heavy atom. The molecule has 4 nitrogen and oxygen atoms in total. The molecule has 2 saturated heterocycles. The molecule has 4 heteroatoms. The standard InChI is InChI=1S/C32H38N2O2/c35-19-5-9-31(25-7-2-1-3-8-25)32(27-14-16-30(36)17-15-27)26-12-10-24(11-13-26)6-4-18-34-22-28-20-33-21-29(28)23-34/h1-3,7-8,10-17,28-29,33,35-36H,4-6,9,18-23H2/b32-31+/t28-,29+. The lowest BCUT2D eigenvalue weighted by molar-refractivity contribution is 0.290. The highest BCUT2D eigenvalue weighted by Gasteiger charge is 2.35. The van der Waals surface area contributed by atoms with Crippen molar-refractivity contribution in [1.82, 2.24) is 10.2 Å². The van der Waals surface area contributed by atoms with Gasteiger partial charge in [-0.15, -0.1) is 0 Å². The summed E-state index contributed by atoms with van der Waals surface area (Å²) in [6, 6.07) is 27.0. The highest BCUT2D eigenvalue weighted by Crippen LogP contribution is 2.36. The number of allylic oxidation sites excluding steroid dienone is 1. The van der Waals surface area contributed by atoms with Crippen LogP contribution in [0.3, 0.4) is 0 Å². The van der Waals surface area contributed by atoms with Gasteiger partial charge in [0.25, 0.3) is 0 Å². The molecule has 3 aromatic rings. The molecule has 3 aromatic carbocycles. The lowest BCUT2D eigenvalue weighted by Gasteiger charge is -2.18. The first-order valence-electron chi connectivity index (χ1n) is 13.4. The number of benzene rings is 3. The van der Waals surface area contributed by atoms with Crippen LogP contribution < -0.4 is 5.32 Å². The Balaban J connectivity index is 1.36. The van der Waals surface area contributed by atoms with Gasteiger partial charge in [0.2, 0.25) is 0 Å². The van der Waals surface area contributed by atoms with Gasteiger partial charge in [-0.2, -0.15) is 0 Å². The third-order valence-corrected chi connectivity index (χ3v) is 7.81. The lowest BCUT2D eigenvalue weighted by atomic mass is 9.87. The maximum Gasteiger partial charge on any atom is 0.115 e. The first kappa shape index (κ1) is 24.8. The van der Waals surface area contributed by atoms with E-state index in [0.29, 0.717) is 6.42 Å². The molecule has 2 fully saturated rings. The molecule has 188 valence electrons. The number of hydrogen-bond acceptors (Lipinski definition) is 4. The van der Waals surface area contributed by atoms with Gasteiger partial charge < -0.3 is 20.4 Å². The predicted octanol–water partition coefficient (Wildman–Crippen LogP) is 5.21. The van der Waals surface area contributed by atoms with Crippen LogP contribution >= 0.6 is 0 Å². The summed E-state index contributed by atoms with van der Waals surface area (Å²) in [7, 11) is 0. The molecule has 3 N–H and O–H groups in total. The minimum atomic E-state index is 0.160. The average Bonchev–Trinajstić information content (AvgIpc) is 3.51. The molecule has 0 radical (unpaired) electrons. The van der Waals surface area contributed by atoms with Crippen molar-refractivity contribution in [2.75, 3.05) is 39.3 Å². The topological polar surface area (TPSA) is 55.7 Å². The van der Waals surface area contributed by atoms with Crippen molar-refractivity contribution in [1.29, 1.82) is 0 Å². The maximum absolute atomic E-state index is 9.89. The zero-order valence-corrected chi connectivity index (χ0v) is 21.1. The van der Waals surface area contributed by atoms with Crippen molar-refractivity contribution in [3.63, 3.8) is 0 Å². The van der Waals surface area contributed by atoms with E-state index < -0.39 is 0 Å². The van der Waals surface area contributed by atoms with Gasteiger partial charge in [-0.3, -0.25) is 0 Å². The molecule has 0 bridgehead atoms. The van der Waals surface area contributed by atoms with Gasteiger partial charge in [0.05, 0.1) is 0 Å². The zero-order chi connectivity index (χ0) is 24.7. The van der Waals surface area contributed by atoms with Crippen LogP contribution in [-0.4, -0.2) is 54.4 Å². The monoisotopic (exact) mass is 482 g/mol. The molecule has 0 spiro atoms. The van der Waals surface area contributed by atoms with Crippen molar-refractivity contribution < 1.29 is 10.2 Å². The first-order chi connectivity index (χ1) is 17.7. The molecular formula is C32H38N2O2. The highest BCUT2D eigenvalue weighted by atomic mass is 16.3. The lowest BCUT2D eigenvalue weighted by Crippen LogP contribution is -2.27. The van der Waals surface area contributed by atoms with Gasteiger partial charge in [-0.25, -0.2) is 0 Å². The summed E-state index contributed by atoms with van der Waals surface area (Å²) in [5.74, 6) is 1.99. The molecule has 0 saturated carbocycles. The SMILES string of the molecule is OCCC/C(=C(\c1ccc(O)cc1)c1ccc(CCCN2C[C@H]3CNC[C@H]3C2)cc1)c1ccccc1. The minimum Gasteiger partial charge on any atom is -0.508 e. The number of nitrogens with zero attached hydrogens (tertiary/aromatic N) is 1. The van der Waals surface area contributed by atoms with Crippen molar-refractivity contribution in [3.05, 3.63) is 101 Å². The quantitative estimate of drug-likeness (QED) is 0.347. The Kier molecular flexibility index (Phi) is 8.17. The fourth-order valence-electron chi connectivity index (χ4n) is 5.93. The van der Waals surface area contributed by atoms with Crippen LogP contribution in [0.1, 0.15) is 41.5 Å². The van der Waals surface area contributed by atoms with Crippen LogP contribution in [0.4, 0.5) is 0 Å². The van der Waals surface area contributed by atoms with E-state index in [0.717, 1.165) is 30.2 Å². The Bertz CT molecular complexity index is 1130. The number of fused-ring (bicyclic) bond motifs is 1. The van der Waals surface area contributed by atoms with Gasteiger partial charge in [-0.1, -0.05) is 66.7 Å². The summed E-state index contributed by atoms with van der Waals surface area (Å²) in [5, 5.41) is 23.0. The second-order valence-corrected chi connectivity index (χ2v) is 10.3. The molecule has 2 atom stereocenters. The summed E-state index contributed by atoms with van der Waals surface area (Å²) < 4.78 is 0. The second kappa shape index (κ2) is 11.9. The van der Waals surface area contributed by atoms with Crippen LogP contribution in [0.25, 0.3) is 11.1 Å². The van der Waals surface area contributed by atoms with Gasteiger partial charge >= 0.3 is 0 Å². The number of aliphatic hydroxyl groups is 1. The van der Waals surface area contributed by atoms with Crippen molar-refractivity contribution >= 4 is 11.1 Å². The summed E-state index contributed by atoms with van der Waals surface area (Å²) in [6.45, 7) is 6.26. The molecule has 2 aliphatic heterocycles. The Hall–Kier alpha value is -2.92. The maximum atomic E-state index is 9.89. The van der Waals surface area contributed by atoms with Crippen LogP contribution in [0.5, 0.6) is 5.75 Å². The van der Waals surface area contributed by atoms with Crippen molar-refractivity contribution in [2.45, 2.75) is 25.7 Å². The number of phenolic OH excluding ortho intramolecular Hbond substituents is 1. The fourth-order valence-corrected chi connectivity index (χ4v) is 5.93. The minimum absolute atomic E-state index is 0.160. The fraction of sp³-hybridized carbons (Fsp3) is 0.375. The number of aryl methyl sites for hydroxylation is 1. The second-order valence-electron chi connectivity index (χ2n) is 10.3. The van der Waals surface area contributed by atoms with E-state index in [1.807, 2.05) is 18.2 Å². The molecular weight excluding hydrogens is 444 g/mol. The normalized spacial score (nSPS) is 20.4. The van der Waals surface area contributed by atoms with E-state index in [9.17, 15) is 10.2 Å². The Morgan fingerprint density at radius 1 is 0.778 bits per heavy atom. The number of nitrogens with one attached hydrogen (secondary N) is 1. The zero-order valence-electron chi connectivity index (χ0n) is 21.1. The van der Waals surface area contributed by atoms with Crippen LogP contribution in [-0.2, 0) is 6.42 Å². The summed E-state index contributed by atoms with van der Waals surface area (Å²) in [4.78, 5) is 2.66. The summed E-state index contributed by atoms with van der Waals surface area (Å²) in [6.07, 6.45) is 3.78. The predicted molar refractivity (Wildman–Crippen MR) is 148 cm³/mol. The largest absolute Gasteiger partial charge is 0.508 e. The molecule has 0 aliphatic carbocycles. The molecule has 0 amide bonds. The first-order valence-corrected chi connectivity index (χ1v) is 13.4. The number of aromatic hydroxyl groups is 1. The van der Waals surface area contributed by atoms with E-state index in [-0.39, 0.29) is 12.4 Å². The number of rotatable bonds is 10. The smallest absolute Gasteiger partial charge is 0.115 e. The van der Waals surface area contributed by atoms with Crippen molar-refractivity contribution in [3.8, 4) is 5.75 Å². The third-order valence-electron chi connectivity index (χ3n) is 7.81. The van der Waals surface area contributed by atoms with Crippen LogP contribution in [0, 0.1) is 11.8 Å². The highest BCUT2D eigenvalue weighted by molar-refractivity contribution is 5.98. The number of likely N-dealkylation sites (tertiary alicyclic amines) is 1. The molecule has 5 rings (SSSR count). The molecule has 2 aliphatic rings.